The molecule has 0 bridgehead atoms. The lowest BCUT2D eigenvalue weighted by molar-refractivity contribution is -0.122. The molecule has 2 aromatic carbocycles. The maximum Gasteiger partial charge on any atom is 0.243 e. The van der Waals surface area contributed by atoms with Gasteiger partial charge in [0.1, 0.15) is 0 Å². The minimum absolute atomic E-state index is 0.0817. The van der Waals surface area contributed by atoms with Crippen LogP contribution in [0.3, 0.4) is 0 Å². The molecule has 0 aromatic heterocycles. The van der Waals surface area contributed by atoms with Gasteiger partial charge in [-0.15, -0.1) is 0 Å². The third-order valence-electron chi connectivity index (χ3n) is 6.90. The summed E-state index contributed by atoms with van der Waals surface area (Å²) in [5.74, 6) is 0.326. The maximum atomic E-state index is 12.8. The molecule has 2 saturated heterocycles. The predicted molar refractivity (Wildman–Crippen MR) is 135 cm³/mol. The number of hydrogen-bond acceptors (Lipinski definition) is 5. The number of hydrogen-bond donors (Lipinski definition) is 1. The second kappa shape index (κ2) is 11.8. The highest BCUT2D eigenvalue weighted by Gasteiger charge is 2.30. The summed E-state index contributed by atoms with van der Waals surface area (Å²) in [5.41, 5.74) is 1.29. The van der Waals surface area contributed by atoms with Crippen molar-refractivity contribution >= 4 is 21.6 Å². The van der Waals surface area contributed by atoms with E-state index in [0.29, 0.717) is 31.0 Å². The fourth-order valence-electron chi connectivity index (χ4n) is 4.83. The van der Waals surface area contributed by atoms with Gasteiger partial charge in [0.2, 0.25) is 15.9 Å². The molecule has 0 atom stereocenters. The number of nitrogens with one attached hydrogen (secondary N) is 1. The average Bonchev–Trinajstić information content (AvgIpc) is 2.88. The Hall–Kier alpha value is -2.42. The Balaban J connectivity index is 1.09. The Kier molecular flexibility index (Phi) is 8.59. The summed E-state index contributed by atoms with van der Waals surface area (Å²) in [6, 6.07) is 19.1. The van der Waals surface area contributed by atoms with E-state index in [9.17, 15) is 13.2 Å². The minimum atomic E-state index is -3.44. The van der Waals surface area contributed by atoms with E-state index in [2.05, 4.69) is 39.4 Å². The van der Waals surface area contributed by atoms with Crippen LogP contribution in [0.5, 0.6) is 0 Å². The molecule has 0 spiro atoms. The molecule has 0 radical (unpaired) electrons. The Morgan fingerprint density at radius 2 is 1.47 bits per heavy atom. The van der Waals surface area contributed by atoms with Gasteiger partial charge < -0.3 is 10.2 Å². The predicted octanol–water partition coefficient (Wildman–Crippen LogP) is 2.81. The van der Waals surface area contributed by atoms with E-state index in [1.807, 2.05) is 12.1 Å². The summed E-state index contributed by atoms with van der Waals surface area (Å²) >= 11 is 0. The van der Waals surface area contributed by atoms with E-state index in [1.165, 1.54) is 5.69 Å². The smallest absolute Gasteiger partial charge is 0.243 e. The zero-order valence-corrected chi connectivity index (χ0v) is 20.6. The summed E-state index contributed by atoms with van der Waals surface area (Å²) in [7, 11) is -3.44. The number of para-hydroxylation sites is 1. The van der Waals surface area contributed by atoms with Crippen LogP contribution in [0.25, 0.3) is 0 Å². The number of amides is 1. The molecule has 1 amide bonds. The van der Waals surface area contributed by atoms with Crippen molar-refractivity contribution in [1.29, 1.82) is 0 Å². The fraction of sp³-hybridized carbons (Fsp3) is 0.500. The number of sulfonamides is 1. The van der Waals surface area contributed by atoms with Crippen molar-refractivity contribution in [2.45, 2.75) is 30.6 Å². The number of piperidine rings is 1. The van der Waals surface area contributed by atoms with Gasteiger partial charge in [-0.2, -0.15) is 4.31 Å². The van der Waals surface area contributed by atoms with Crippen LogP contribution in [0.15, 0.2) is 65.6 Å². The second-order valence-electron chi connectivity index (χ2n) is 9.23. The first kappa shape index (κ1) is 24.7. The summed E-state index contributed by atoms with van der Waals surface area (Å²) < 4.78 is 27.1. The van der Waals surface area contributed by atoms with Crippen molar-refractivity contribution in [3.8, 4) is 0 Å². The molecule has 7 nitrogen and oxygen atoms in total. The maximum absolute atomic E-state index is 12.8. The largest absolute Gasteiger partial charge is 0.369 e. The Morgan fingerprint density at radius 1 is 0.853 bits per heavy atom. The van der Waals surface area contributed by atoms with Crippen LogP contribution < -0.4 is 10.2 Å². The van der Waals surface area contributed by atoms with E-state index in [4.69, 9.17) is 0 Å². The van der Waals surface area contributed by atoms with Gasteiger partial charge in [-0.05, 0) is 56.0 Å². The highest BCUT2D eigenvalue weighted by Crippen LogP contribution is 2.25. The second-order valence-corrected chi connectivity index (χ2v) is 11.2. The highest BCUT2D eigenvalue weighted by atomic mass is 32.2. The summed E-state index contributed by atoms with van der Waals surface area (Å²) in [5, 5.41) is 3.06. The fourth-order valence-corrected chi connectivity index (χ4v) is 6.32. The zero-order chi connectivity index (χ0) is 23.8. The van der Waals surface area contributed by atoms with E-state index in [0.717, 1.165) is 52.0 Å². The number of nitrogens with zero attached hydrogens (tertiary/aromatic N) is 3. The van der Waals surface area contributed by atoms with Crippen molar-refractivity contribution < 1.29 is 13.2 Å². The molecule has 0 saturated carbocycles. The SMILES string of the molecule is O=C(CC1CCN(S(=O)(=O)c2ccccc2)CC1)NCCCN1CCN(c2ccccc2)CC1. The van der Waals surface area contributed by atoms with Crippen LogP contribution in [0.4, 0.5) is 5.69 Å². The van der Waals surface area contributed by atoms with Gasteiger partial charge in [-0.1, -0.05) is 36.4 Å². The molecule has 2 aliphatic heterocycles. The van der Waals surface area contributed by atoms with Gasteiger partial charge in [-0.25, -0.2) is 8.42 Å². The topological polar surface area (TPSA) is 73.0 Å². The van der Waals surface area contributed by atoms with Gasteiger partial charge in [0, 0.05) is 57.9 Å². The third kappa shape index (κ3) is 6.58. The van der Waals surface area contributed by atoms with E-state index < -0.39 is 10.0 Å². The average molecular weight is 485 g/mol. The quantitative estimate of drug-likeness (QED) is 0.554. The van der Waals surface area contributed by atoms with Crippen LogP contribution in [0.1, 0.15) is 25.7 Å². The van der Waals surface area contributed by atoms with Crippen molar-refractivity contribution in [2.75, 3.05) is 57.3 Å². The molecule has 8 heteroatoms. The van der Waals surface area contributed by atoms with Crippen LogP contribution >= 0.6 is 0 Å². The van der Waals surface area contributed by atoms with Crippen molar-refractivity contribution in [3.05, 3.63) is 60.7 Å². The Labute approximate surface area is 203 Å². The van der Waals surface area contributed by atoms with Gasteiger partial charge >= 0.3 is 0 Å². The lowest BCUT2D eigenvalue weighted by Gasteiger charge is -2.36. The molecule has 2 heterocycles. The monoisotopic (exact) mass is 484 g/mol. The van der Waals surface area contributed by atoms with Gasteiger partial charge in [0.05, 0.1) is 4.90 Å². The number of benzene rings is 2. The van der Waals surface area contributed by atoms with E-state index in [-0.39, 0.29) is 11.8 Å². The lowest BCUT2D eigenvalue weighted by atomic mass is 9.94. The first-order valence-corrected chi connectivity index (χ1v) is 13.8. The molecule has 184 valence electrons. The van der Waals surface area contributed by atoms with Crippen LogP contribution in [-0.4, -0.2) is 75.9 Å². The Morgan fingerprint density at radius 3 is 2.12 bits per heavy atom. The number of anilines is 1. The summed E-state index contributed by atoms with van der Waals surface area (Å²) in [6.45, 7) is 6.82. The minimum Gasteiger partial charge on any atom is -0.369 e. The Bertz CT molecular complexity index is 1000. The first-order valence-electron chi connectivity index (χ1n) is 12.4. The van der Waals surface area contributed by atoms with Crippen molar-refractivity contribution in [2.24, 2.45) is 5.92 Å². The van der Waals surface area contributed by atoms with Crippen molar-refractivity contribution in [3.63, 3.8) is 0 Å². The summed E-state index contributed by atoms with van der Waals surface area (Å²) in [6.07, 6.45) is 2.89. The number of carbonyl (C=O) groups excluding carboxylic acids is 1. The van der Waals surface area contributed by atoms with Gasteiger partial charge in [-0.3, -0.25) is 9.69 Å². The number of rotatable bonds is 9. The lowest BCUT2D eigenvalue weighted by Crippen LogP contribution is -2.47. The number of carbonyl (C=O) groups is 1. The van der Waals surface area contributed by atoms with E-state index in [1.54, 1.807) is 28.6 Å². The van der Waals surface area contributed by atoms with Crippen LogP contribution in [0.2, 0.25) is 0 Å². The molecule has 0 aliphatic carbocycles. The molecule has 2 aliphatic rings. The van der Waals surface area contributed by atoms with Gasteiger partial charge in [0.15, 0.2) is 0 Å². The third-order valence-corrected chi connectivity index (χ3v) is 8.81. The van der Waals surface area contributed by atoms with Crippen LogP contribution in [-0.2, 0) is 14.8 Å². The molecule has 2 fully saturated rings. The normalized spacial score (nSPS) is 18.6. The highest BCUT2D eigenvalue weighted by molar-refractivity contribution is 7.89. The first-order chi connectivity index (χ1) is 16.5. The molecule has 0 unspecified atom stereocenters. The van der Waals surface area contributed by atoms with Gasteiger partial charge in [0.25, 0.3) is 0 Å². The summed E-state index contributed by atoms with van der Waals surface area (Å²) in [4.78, 5) is 17.6. The molecular weight excluding hydrogens is 448 g/mol. The molecule has 34 heavy (non-hydrogen) atoms. The molecule has 4 rings (SSSR count). The van der Waals surface area contributed by atoms with E-state index >= 15 is 0 Å². The molecule has 2 aromatic rings. The molecule has 1 N–H and O–H groups in total. The molecular formula is C26H36N4O3S. The van der Waals surface area contributed by atoms with Crippen LogP contribution in [0, 0.1) is 5.92 Å². The number of piperazine rings is 1. The zero-order valence-electron chi connectivity index (χ0n) is 19.8. The van der Waals surface area contributed by atoms with Crippen molar-refractivity contribution in [1.82, 2.24) is 14.5 Å². The standard InChI is InChI=1S/C26H36N4O3S/c31-26(22-23-12-16-30(17-13-23)34(32,33)25-10-5-2-6-11-25)27-14-7-15-28-18-20-29(21-19-28)24-8-3-1-4-9-24/h1-6,8-11,23H,7,12-22H2,(H,27,31).